The Balaban J connectivity index is 2.05. The number of anilines is 1. The summed E-state index contributed by atoms with van der Waals surface area (Å²) in [7, 11) is 3.15. The summed E-state index contributed by atoms with van der Waals surface area (Å²) in [6.07, 6.45) is 0.262. The number of hydrogen-bond acceptors (Lipinski definition) is 5. The second kappa shape index (κ2) is 6.58. The van der Waals surface area contributed by atoms with Gasteiger partial charge in [0.25, 0.3) is 0 Å². The molecule has 0 aliphatic heterocycles. The van der Waals surface area contributed by atoms with Crippen LogP contribution in [0.15, 0.2) is 18.2 Å². The van der Waals surface area contributed by atoms with Gasteiger partial charge in [-0.25, -0.2) is 4.98 Å². The van der Waals surface area contributed by atoms with Gasteiger partial charge in [0.2, 0.25) is 5.91 Å². The third-order valence-electron chi connectivity index (χ3n) is 3.09. The predicted molar refractivity (Wildman–Crippen MR) is 83.5 cm³/mol. The molecule has 1 heterocycles. The number of carbonyl (C=O) groups excluding carboxylic acids is 1. The number of carbonyl (C=O) groups is 1. The number of benzene rings is 1. The molecule has 2 aromatic rings. The molecule has 0 atom stereocenters. The number of nitrogens with zero attached hydrogens (tertiary/aromatic N) is 1. The van der Waals surface area contributed by atoms with Gasteiger partial charge in [-0.2, -0.15) is 0 Å². The molecule has 0 fully saturated rings. The third-order valence-corrected chi connectivity index (χ3v) is 4.08. The summed E-state index contributed by atoms with van der Waals surface area (Å²) in [5.74, 6) is 1.16. The molecule has 1 amide bonds. The molecule has 0 aliphatic carbocycles. The first-order valence-corrected chi connectivity index (χ1v) is 7.30. The molecule has 0 spiro atoms. The van der Waals surface area contributed by atoms with E-state index in [1.165, 1.54) is 11.3 Å². The van der Waals surface area contributed by atoms with E-state index >= 15 is 0 Å². The summed E-state index contributed by atoms with van der Waals surface area (Å²) in [4.78, 5) is 17.4. The molecule has 2 rings (SSSR count). The highest BCUT2D eigenvalue weighted by molar-refractivity contribution is 7.15. The second-order valence-electron chi connectivity index (χ2n) is 4.57. The Hall–Kier alpha value is -2.08. The maximum Gasteiger partial charge on any atom is 0.230 e. The highest BCUT2D eigenvalue weighted by Crippen LogP contribution is 2.28. The van der Waals surface area contributed by atoms with Gasteiger partial charge >= 0.3 is 0 Å². The van der Waals surface area contributed by atoms with Crippen LogP contribution in [0.2, 0.25) is 0 Å². The zero-order valence-corrected chi connectivity index (χ0v) is 13.3. The number of methoxy groups -OCH3 is 2. The van der Waals surface area contributed by atoms with E-state index in [1.807, 2.05) is 19.9 Å². The Kier molecular flexibility index (Phi) is 4.80. The summed E-state index contributed by atoms with van der Waals surface area (Å²) in [5.41, 5.74) is 1.80. The van der Waals surface area contributed by atoms with E-state index in [1.54, 1.807) is 26.4 Å². The number of aryl methyl sites for hydroxylation is 2. The number of ether oxygens (including phenoxy) is 2. The summed E-state index contributed by atoms with van der Waals surface area (Å²) >= 11 is 1.48. The van der Waals surface area contributed by atoms with Crippen LogP contribution in [0.3, 0.4) is 0 Å². The second-order valence-corrected chi connectivity index (χ2v) is 5.78. The Morgan fingerprint density at radius 3 is 2.52 bits per heavy atom. The van der Waals surface area contributed by atoms with Gasteiger partial charge in [0.15, 0.2) is 16.6 Å². The topological polar surface area (TPSA) is 60.5 Å². The highest BCUT2D eigenvalue weighted by atomic mass is 32.1. The van der Waals surface area contributed by atoms with Gasteiger partial charge in [0.05, 0.1) is 26.3 Å². The van der Waals surface area contributed by atoms with Gasteiger partial charge in [-0.1, -0.05) is 6.07 Å². The zero-order valence-electron chi connectivity index (χ0n) is 12.5. The van der Waals surface area contributed by atoms with Crippen molar-refractivity contribution in [1.29, 1.82) is 0 Å². The lowest BCUT2D eigenvalue weighted by Crippen LogP contribution is -2.14. The van der Waals surface area contributed by atoms with Crippen LogP contribution in [0.1, 0.15) is 16.1 Å². The fourth-order valence-corrected chi connectivity index (χ4v) is 2.70. The molecular weight excluding hydrogens is 288 g/mol. The van der Waals surface area contributed by atoms with Crippen molar-refractivity contribution < 1.29 is 14.3 Å². The van der Waals surface area contributed by atoms with Crippen LogP contribution in [0, 0.1) is 13.8 Å². The summed E-state index contributed by atoms with van der Waals surface area (Å²) < 4.78 is 10.4. The normalized spacial score (nSPS) is 10.3. The van der Waals surface area contributed by atoms with E-state index in [2.05, 4.69) is 10.3 Å². The van der Waals surface area contributed by atoms with Gasteiger partial charge in [0.1, 0.15) is 0 Å². The van der Waals surface area contributed by atoms with Crippen LogP contribution in [0.25, 0.3) is 0 Å². The van der Waals surface area contributed by atoms with Crippen molar-refractivity contribution in [3.05, 3.63) is 34.3 Å². The fourth-order valence-electron chi connectivity index (χ4n) is 1.87. The average Bonchev–Trinajstić information content (AvgIpc) is 2.76. The number of rotatable bonds is 5. The molecular formula is C15H18N2O3S. The summed E-state index contributed by atoms with van der Waals surface area (Å²) in [5, 5.41) is 3.45. The minimum Gasteiger partial charge on any atom is -0.493 e. The van der Waals surface area contributed by atoms with Gasteiger partial charge < -0.3 is 14.8 Å². The van der Waals surface area contributed by atoms with Crippen molar-refractivity contribution in [2.75, 3.05) is 19.5 Å². The lowest BCUT2D eigenvalue weighted by atomic mass is 10.1. The van der Waals surface area contributed by atoms with Crippen molar-refractivity contribution in [3.63, 3.8) is 0 Å². The van der Waals surface area contributed by atoms with Crippen molar-refractivity contribution in [1.82, 2.24) is 4.98 Å². The molecule has 112 valence electrons. The van der Waals surface area contributed by atoms with Crippen molar-refractivity contribution in [3.8, 4) is 11.5 Å². The molecule has 21 heavy (non-hydrogen) atoms. The smallest absolute Gasteiger partial charge is 0.230 e. The van der Waals surface area contributed by atoms with Gasteiger partial charge in [-0.15, -0.1) is 11.3 Å². The van der Waals surface area contributed by atoms with Crippen LogP contribution in [0.5, 0.6) is 11.5 Å². The minimum absolute atomic E-state index is 0.101. The number of nitrogens with one attached hydrogen (secondary N) is 1. The molecule has 0 unspecified atom stereocenters. The molecule has 6 heteroatoms. The molecule has 0 radical (unpaired) electrons. The standard InChI is InChI=1S/C15H18N2O3S/c1-9-10(2)21-15(16-9)17-14(18)8-11-5-6-12(19-3)13(7-11)20-4/h5-7H,8H2,1-4H3,(H,16,17,18). The zero-order chi connectivity index (χ0) is 15.4. The van der Waals surface area contributed by atoms with Crippen LogP contribution in [-0.2, 0) is 11.2 Å². The fraction of sp³-hybridized carbons (Fsp3) is 0.333. The molecule has 1 aromatic heterocycles. The first kappa shape index (κ1) is 15.3. The largest absolute Gasteiger partial charge is 0.493 e. The lowest BCUT2D eigenvalue weighted by Gasteiger charge is -2.09. The Morgan fingerprint density at radius 2 is 1.95 bits per heavy atom. The SMILES string of the molecule is COc1ccc(CC(=O)Nc2nc(C)c(C)s2)cc1OC. The third kappa shape index (κ3) is 3.72. The van der Waals surface area contributed by atoms with Crippen LogP contribution in [0.4, 0.5) is 5.13 Å². The van der Waals surface area contributed by atoms with E-state index in [0.29, 0.717) is 16.6 Å². The minimum atomic E-state index is -0.101. The van der Waals surface area contributed by atoms with E-state index in [9.17, 15) is 4.79 Å². The highest BCUT2D eigenvalue weighted by Gasteiger charge is 2.11. The molecule has 1 N–H and O–H groups in total. The van der Waals surface area contributed by atoms with Gasteiger partial charge in [0, 0.05) is 4.88 Å². The average molecular weight is 306 g/mol. The van der Waals surface area contributed by atoms with Crippen molar-refractivity contribution in [2.45, 2.75) is 20.3 Å². The van der Waals surface area contributed by atoms with E-state index in [-0.39, 0.29) is 12.3 Å². The Labute approximate surface area is 127 Å². The molecule has 0 saturated carbocycles. The molecule has 5 nitrogen and oxygen atoms in total. The number of thiazole rings is 1. The molecule has 0 bridgehead atoms. The number of amides is 1. The first-order valence-electron chi connectivity index (χ1n) is 6.48. The lowest BCUT2D eigenvalue weighted by molar-refractivity contribution is -0.115. The summed E-state index contributed by atoms with van der Waals surface area (Å²) in [6, 6.07) is 5.44. The van der Waals surface area contributed by atoms with Gasteiger partial charge in [-0.05, 0) is 31.5 Å². The van der Waals surface area contributed by atoms with Crippen LogP contribution in [-0.4, -0.2) is 25.1 Å². The maximum atomic E-state index is 12.0. The predicted octanol–water partition coefficient (Wildman–Crippen LogP) is 2.96. The molecule has 0 saturated heterocycles. The monoisotopic (exact) mass is 306 g/mol. The van der Waals surface area contributed by atoms with E-state index < -0.39 is 0 Å². The van der Waals surface area contributed by atoms with Crippen molar-refractivity contribution >= 4 is 22.4 Å². The Morgan fingerprint density at radius 1 is 1.24 bits per heavy atom. The molecule has 0 aliphatic rings. The van der Waals surface area contributed by atoms with Crippen molar-refractivity contribution in [2.24, 2.45) is 0 Å². The first-order chi connectivity index (χ1) is 10.0. The molecule has 1 aromatic carbocycles. The van der Waals surface area contributed by atoms with Crippen LogP contribution >= 0.6 is 11.3 Å². The maximum absolute atomic E-state index is 12.0. The number of hydrogen-bond donors (Lipinski definition) is 1. The van der Waals surface area contributed by atoms with Crippen LogP contribution < -0.4 is 14.8 Å². The van der Waals surface area contributed by atoms with E-state index in [0.717, 1.165) is 16.1 Å². The van der Waals surface area contributed by atoms with Gasteiger partial charge in [-0.3, -0.25) is 4.79 Å². The Bertz CT molecular complexity index is 633. The quantitative estimate of drug-likeness (QED) is 0.922. The number of aromatic nitrogens is 1. The van der Waals surface area contributed by atoms with E-state index in [4.69, 9.17) is 9.47 Å². The summed E-state index contributed by atoms with van der Waals surface area (Å²) in [6.45, 7) is 3.91.